The van der Waals surface area contributed by atoms with Crippen molar-refractivity contribution in [3.63, 3.8) is 0 Å². The maximum Gasteiger partial charge on any atom is 0.165 e. The lowest BCUT2D eigenvalue weighted by Gasteiger charge is -2.10. The van der Waals surface area contributed by atoms with Crippen LogP contribution < -0.4 is 4.74 Å². The van der Waals surface area contributed by atoms with Gasteiger partial charge in [-0.1, -0.05) is 22.0 Å². The molecule has 0 aliphatic heterocycles. The van der Waals surface area contributed by atoms with E-state index < -0.39 is 0 Å². The van der Waals surface area contributed by atoms with E-state index in [2.05, 4.69) is 44.8 Å². The summed E-state index contributed by atoms with van der Waals surface area (Å²) in [5.41, 5.74) is 0.974. The molecule has 1 aromatic carbocycles. The van der Waals surface area contributed by atoms with Gasteiger partial charge in [-0.25, -0.2) is 4.39 Å². The molecule has 1 atom stereocenters. The molecule has 1 nitrogen and oxygen atoms in total. The van der Waals surface area contributed by atoms with Crippen LogP contribution in [0.4, 0.5) is 4.39 Å². The van der Waals surface area contributed by atoms with Gasteiger partial charge < -0.3 is 4.74 Å². The molecule has 0 spiro atoms. The number of hydrogen-bond donors (Lipinski definition) is 0. The van der Waals surface area contributed by atoms with E-state index in [0.717, 1.165) is 10.0 Å². The molecule has 5 heteroatoms. The van der Waals surface area contributed by atoms with Gasteiger partial charge in [-0.3, -0.25) is 0 Å². The van der Waals surface area contributed by atoms with Gasteiger partial charge in [0.15, 0.2) is 11.6 Å². The zero-order valence-corrected chi connectivity index (χ0v) is 13.8. The fourth-order valence-electron chi connectivity index (χ4n) is 1.60. The normalized spacial score (nSPS) is 12.5. The van der Waals surface area contributed by atoms with Crippen LogP contribution in [0.5, 0.6) is 5.75 Å². The van der Waals surface area contributed by atoms with Gasteiger partial charge in [0.05, 0.1) is 11.9 Å². The summed E-state index contributed by atoms with van der Waals surface area (Å²) in [6.45, 7) is 2.06. The molecular weight excluding hydrogens is 383 g/mol. The molecule has 2 rings (SSSR count). The second-order valence-corrected chi connectivity index (χ2v) is 6.87. The average molecular weight is 394 g/mol. The van der Waals surface area contributed by atoms with Crippen molar-refractivity contribution in [1.29, 1.82) is 0 Å². The van der Waals surface area contributed by atoms with Gasteiger partial charge in [0, 0.05) is 14.2 Å². The molecule has 0 radical (unpaired) electrons. The van der Waals surface area contributed by atoms with Crippen molar-refractivity contribution < 1.29 is 9.13 Å². The van der Waals surface area contributed by atoms with E-state index in [1.165, 1.54) is 22.9 Å². The van der Waals surface area contributed by atoms with Crippen LogP contribution in [0.3, 0.4) is 0 Å². The van der Waals surface area contributed by atoms with Crippen molar-refractivity contribution >= 4 is 43.2 Å². The fraction of sp³-hybridized carbons (Fsp3) is 0.231. The number of hydrogen-bond acceptors (Lipinski definition) is 2. The third-order valence-corrected chi connectivity index (χ3v) is 6.12. The third kappa shape index (κ3) is 2.78. The molecule has 96 valence electrons. The van der Waals surface area contributed by atoms with Crippen LogP contribution in [0.15, 0.2) is 28.7 Å². The Balaban J connectivity index is 2.36. The maximum absolute atomic E-state index is 13.4. The minimum atomic E-state index is -0.343. The Bertz CT molecular complexity index is 549. The third-order valence-electron chi connectivity index (χ3n) is 2.59. The number of ether oxygens (including phenoxy) is 1. The number of benzene rings is 1. The zero-order chi connectivity index (χ0) is 13.3. The number of aryl methyl sites for hydroxylation is 1. The van der Waals surface area contributed by atoms with E-state index in [-0.39, 0.29) is 16.4 Å². The Morgan fingerprint density at radius 1 is 1.33 bits per heavy atom. The van der Waals surface area contributed by atoms with Gasteiger partial charge in [-0.15, -0.1) is 11.3 Å². The SMILES string of the molecule is COc1cc(C(Br)c2cc(Br)c(C)s2)ccc1F. The second kappa shape index (κ2) is 5.72. The Kier molecular flexibility index (Phi) is 4.45. The van der Waals surface area contributed by atoms with E-state index in [9.17, 15) is 4.39 Å². The van der Waals surface area contributed by atoms with Gasteiger partial charge in [0.1, 0.15) is 0 Å². The molecule has 2 aromatic rings. The number of thiophene rings is 1. The van der Waals surface area contributed by atoms with Gasteiger partial charge >= 0.3 is 0 Å². The Morgan fingerprint density at radius 2 is 2.06 bits per heavy atom. The standard InChI is InChI=1S/C13H11Br2FOS/c1-7-9(14)6-12(18-7)13(15)8-3-4-10(16)11(5-8)17-2/h3-6,13H,1-2H3. The summed E-state index contributed by atoms with van der Waals surface area (Å²) >= 11 is 8.85. The number of alkyl halides is 1. The van der Waals surface area contributed by atoms with Crippen molar-refractivity contribution in [3.05, 3.63) is 49.9 Å². The molecule has 1 heterocycles. The quantitative estimate of drug-likeness (QED) is 0.630. The summed E-state index contributed by atoms with van der Waals surface area (Å²) in [7, 11) is 1.47. The van der Waals surface area contributed by atoms with Crippen molar-refractivity contribution in [2.24, 2.45) is 0 Å². The van der Waals surface area contributed by atoms with E-state index in [0.29, 0.717) is 0 Å². The molecule has 0 aliphatic rings. The molecule has 0 fully saturated rings. The maximum atomic E-state index is 13.4. The molecule has 18 heavy (non-hydrogen) atoms. The highest BCUT2D eigenvalue weighted by Crippen LogP contribution is 2.39. The van der Waals surface area contributed by atoms with Crippen LogP contribution in [0.2, 0.25) is 0 Å². The molecule has 1 aromatic heterocycles. The van der Waals surface area contributed by atoms with Crippen LogP contribution >= 0.6 is 43.2 Å². The van der Waals surface area contributed by atoms with Gasteiger partial charge in [-0.2, -0.15) is 0 Å². The van der Waals surface area contributed by atoms with Crippen LogP contribution in [0, 0.1) is 12.7 Å². The molecule has 1 unspecified atom stereocenters. The van der Waals surface area contributed by atoms with Crippen LogP contribution in [-0.4, -0.2) is 7.11 Å². The highest BCUT2D eigenvalue weighted by atomic mass is 79.9. The first-order chi connectivity index (χ1) is 8.52. The summed E-state index contributed by atoms with van der Waals surface area (Å²) in [6.07, 6.45) is 0. The monoisotopic (exact) mass is 392 g/mol. The van der Waals surface area contributed by atoms with Crippen molar-refractivity contribution in [1.82, 2.24) is 0 Å². The van der Waals surface area contributed by atoms with Gasteiger partial charge in [0.2, 0.25) is 0 Å². The zero-order valence-electron chi connectivity index (χ0n) is 9.84. The van der Waals surface area contributed by atoms with Crippen LogP contribution in [0.25, 0.3) is 0 Å². The first-order valence-electron chi connectivity index (χ1n) is 5.26. The number of methoxy groups -OCH3 is 1. The highest BCUT2D eigenvalue weighted by molar-refractivity contribution is 9.10. The predicted molar refractivity (Wildman–Crippen MR) is 80.5 cm³/mol. The fourth-order valence-corrected chi connectivity index (χ4v) is 3.87. The lowest BCUT2D eigenvalue weighted by Crippen LogP contribution is -1.94. The Labute approximate surface area is 126 Å². The Hall–Kier alpha value is -0.390. The molecule has 0 saturated carbocycles. The van der Waals surface area contributed by atoms with Crippen molar-refractivity contribution in [2.75, 3.05) is 7.11 Å². The molecular formula is C13H11Br2FOS. The second-order valence-electron chi connectivity index (χ2n) is 3.81. The summed E-state index contributed by atoms with van der Waals surface area (Å²) in [6, 6.07) is 6.99. The molecule has 0 aliphatic carbocycles. The minimum Gasteiger partial charge on any atom is -0.494 e. The number of rotatable bonds is 3. The van der Waals surface area contributed by atoms with E-state index in [1.807, 2.05) is 0 Å². The summed E-state index contributed by atoms with van der Waals surface area (Å²) < 4.78 is 19.5. The topological polar surface area (TPSA) is 9.23 Å². The highest BCUT2D eigenvalue weighted by Gasteiger charge is 2.16. The number of halogens is 3. The van der Waals surface area contributed by atoms with Gasteiger partial charge in [0.25, 0.3) is 0 Å². The van der Waals surface area contributed by atoms with Crippen LogP contribution in [0.1, 0.15) is 20.1 Å². The Morgan fingerprint density at radius 3 is 2.61 bits per heavy atom. The molecule has 0 bridgehead atoms. The summed E-state index contributed by atoms with van der Waals surface area (Å²) in [5, 5.41) is 0. The summed E-state index contributed by atoms with van der Waals surface area (Å²) in [4.78, 5) is 2.44. The lowest BCUT2D eigenvalue weighted by atomic mass is 10.1. The smallest absolute Gasteiger partial charge is 0.165 e. The van der Waals surface area contributed by atoms with E-state index in [4.69, 9.17) is 4.74 Å². The average Bonchev–Trinajstić information content (AvgIpc) is 2.69. The molecule has 0 saturated heterocycles. The molecule has 0 N–H and O–H groups in total. The van der Waals surface area contributed by atoms with Crippen LogP contribution in [-0.2, 0) is 0 Å². The van der Waals surface area contributed by atoms with Crippen molar-refractivity contribution in [2.45, 2.75) is 11.8 Å². The first kappa shape index (κ1) is 14.0. The predicted octanol–water partition coefficient (Wildman–Crippen LogP) is 5.45. The largest absolute Gasteiger partial charge is 0.494 e. The summed E-state index contributed by atoms with van der Waals surface area (Å²) in [5.74, 6) is -0.0752. The van der Waals surface area contributed by atoms with E-state index in [1.54, 1.807) is 23.5 Å². The van der Waals surface area contributed by atoms with Crippen molar-refractivity contribution in [3.8, 4) is 5.75 Å². The van der Waals surface area contributed by atoms with Gasteiger partial charge in [-0.05, 0) is 46.6 Å². The first-order valence-corrected chi connectivity index (χ1v) is 7.78. The minimum absolute atomic E-state index is 0.0435. The lowest BCUT2D eigenvalue weighted by molar-refractivity contribution is 0.386. The van der Waals surface area contributed by atoms with E-state index >= 15 is 0 Å². The molecule has 0 amide bonds.